The fourth-order valence-corrected chi connectivity index (χ4v) is 3.35. The minimum Gasteiger partial charge on any atom is -0.480 e. The summed E-state index contributed by atoms with van der Waals surface area (Å²) in [4.78, 5) is 0. The lowest BCUT2D eigenvalue weighted by Gasteiger charge is -2.27. The zero-order valence-corrected chi connectivity index (χ0v) is 12.1. The van der Waals surface area contributed by atoms with Crippen LogP contribution in [0.4, 0.5) is 5.69 Å². The first kappa shape index (κ1) is 12.4. The SMILES string of the molecule is Clc1cc(Cl)c2c(c1)NCC(c1csc(Cl)c1)O2. The zero-order valence-electron chi connectivity index (χ0n) is 9.04. The second kappa shape index (κ2) is 4.82. The van der Waals surface area contributed by atoms with Crippen molar-refractivity contribution in [2.75, 3.05) is 11.9 Å². The monoisotopic (exact) mass is 319 g/mol. The summed E-state index contributed by atoms with van der Waals surface area (Å²) in [5.41, 5.74) is 1.87. The van der Waals surface area contributed by atoms with Gasteiger partial charge in [0.2, 0.25) is 0 Å². The fraction of sp³-hybridized carbons (Fsp3) is 0.167. The molecule has 0 aliphatic carbocycles. The maximum Gasteiger partial charge on any atom is 0.162 e. The van der Waals surface area contributed by atoms with Crippen LogP contribution in [0.5, 0.6) is 5.75 Å². The van der Waals surface area contributed by atoms with Crippen LogP contribution in [0.15, 0.2) is 23.6 Å². The number of rotatable bonds is 1. The molecule has 1 aliphatic rings. The average molecular weight is 321 g/mol. The molecule has 1 unspecified atom stereocenters. The molecule has 0 saturated heterocycles. The average Bonchev–Trinajstić information content (AvgIpc) is 2.75. The molecule has 2 nitrogen and oxygen atoms in total. The molecule has 0 saturated carbocycles. The number of hydrogen-bond donors (Lipinski definition) is 1. The van der Waals surface area contributed by atoms with E-state index < -0.39 is 0 Å². The molecular formula is C12H8Cl3NOS. The smallest absolute Gasteiger partial charge is 0.162 e. The van der Waals surface area contributed by atoms with Crippen molar-refractivity contribution >= 4 is 51.8 Å². The van der Waals surface area contributed by atoms with Crippen LogP contribution in [-0.4, -0.2) is 6.54 Å². The van der Waals surface area contributed by atoms with E-state index in [1.807, 2.05) is 11.4 Å². The highest BCUT2D eigenvalue weighted by molar-refractivity contribution is 7.14. The van der Waals surface area contributed by atoms with E-state index in [4.69, 9.17) is 39.5 Å². The van der Waals surface area contributed by atoms with Gasteiger partial charge in [-0.15, -0.1) is 11.3 Å². The molecule has 0 radical (unpaired) electrons. The molecule has 1 aliphatic heterocycles. The van der Waals surface area contributed by atoms with E-state index in [0.29, 0.717) is 22.3 Å². The summed E-state index contributed by atoms with van der Waals surface area (Å²) in [6.45, 7) is 0.663. The van der Waals surface area contributed by atoms with Gasteiger partial charge in [-0.1, -0.05) is 34.8 Å². The maximum atomic E-state index is 6.13. The van der Waals surface area contributed by atoms with Crippen LogP contribution in [0.25, 0.3) is 0 Å². The van der Waals surface area contributed by atoms with Crippen LogP contribution >= 0.6 is 46.1 Å². The molecule has 1 N–H and O–H groups in total. The first-order valence-corrected chi connectivity index (χ1v) is 7.28. The molecule has 1 aromatic carbocycles. The number of anilines is 1. The lowest BCUT2D eigenvalue weighted by Crippen LogP contribution is -2.23. The van der Waals surface area contributed by atoms with Crippen LogP contribution in [0.2, 0.25) is 14.4 Å². The minimum atomic E-state index is -0.0834. The molecule has 1 aromatic heterocycles. The van der Waals surface area contributed by atoms with Gasteiger partial charge in [-0.2, -0.15) is 0 Å². The van der Waals surface area contributed by atoms with Crippen molar-refractivity contribution in [2.45, 2.75) is 6.10 Å². The third kappa shape index (κ3) is 2.28. The number of ether oxygens (including phenoxy) is 1. The Morgan fingerprint density at radius 2 is 2.06 bits per heavy atom. The van der Waals surface area contributed by atoms with Gasteiger partial charge in [-0.05, 0) is 23.6 Å². The van der Waals surface area contributed by atoms with E-state index in [-0.39, 0.29) is 6.10 Å². The number of thiophene rings is 1. The molecule has 1 atom stereocenters. The highest BCUT2D eigenvalue weighted by atomic mass is 35.5. The minimum absolute atomic E-state index is 0.0834. The maximum absolute atomic E-state index is 6.13. The second-order valence-electron chi connectivity index (χ2n) is 3.94. The van der Waals surface area contributed by atoms with Crippen LogP contribution in [0.1, 0.15) is 11.7 Å². The van der Waals surface area contributed by atoms with Gasteiger partial charge in [0, 0.05) is 10.6 Å². The van der Waals surface area contributed by atoms with Gasteiger partial charge in [-0.3, -0.25) is 0 Å². The predicted octanol–water partition coefficient (Wildman–Crippen LogP) is 5.25. The van der Waals surface area contributed by atoms with Gasteiger partial charge in [-0.25, -0.2) is 0 Å². The molecule has 2 aromatic rings. The molecule has 2 heterocycles. The normalized spacial score (nSPS) is 17.8. The number of benzene rings is 1. The Hall–Kier alpha value is -0.610. The van der Waals surface area contributed by atoms with Gasteiger partial charge in [0.15, 0.2) is 5.75 Å². The summed E-state index contributed by atoms with van der Waals surface area (Å²) in [6.07, 6.45) is -0.0834. The second-order valence-corrected chi connectivity index (χ2v) is 6.32. The molecule has 0 bridgehead atoms. The van der Waals surface area contributed by atoms with Crippen molar-refractivity contribution in [1.82, 2.24) is 0 Å². The Morgan fingerprint density at radius 3 is 2.78 bits per heavy atom. The lowest BCUT2D eigenvalue weighted by atomic mass is 10.1. The number of nitrogens with one attached hydrogen (secondary N) is 1. The summed E-state index contributed by atoms with van der Waals surface area (Å²) < 4.78 is 6.66. The van der Waals surface area contributed by atoms with Crippen molar-refractivity contribution in [2.24, 2.45) is 0 Å². The van der Waals surface area contributed by atoms with E-state index in [0.717, 1.165) is 15.6 Å². The number of hydrogen-bond acceptors (Lipinski definition) is 3. The molecule has 18 heavy (non-hydrogen) atoms. The fourth-order valence-electron chi connectivity index (χ4n) is 1.88. The van der Waals surface area contributed by atoms with Gasteiger partial charge >= 0.3 is 0 Å². The van der Waals surface area contributed by atoms with Crippen molar-refractivity contribution < 1.29 is 4.74 Å². The van der Waals surface area contributed by atoms with Gasteiger partial charge in [0.05, 0.1) is 21.6 Å². The van der Waals surface area contributed by atoms with E-state index in [9.17, 15) is 0 Å². The number of fused-ring (bicyclic) bond motifs is 1. The van der Waals surface area contributed by atoms with Gasteiger partial charge in [0.1, 0.15) is 6.10 Å². The Bertz CT molecular complexity index is 599. The lowest BCUT2D eigenvalue weighted by molar-refractivity contribution is 0.211. The first-order valence-electron chi connectivity index (χ1n) is 5.27. The standard InChI is InChI=1S/C12H8Cl3NOS/c13-7-2-8(14)12-9(3-7)16-4-10(17-12)6-1-11(15)18-5-6/h1-3,5,10,16H,4H2. The molecule has 94 valence electrons. The van der Waals surface area contributed by atoms with E-state index in [1.54, 1.807) is 12.1 Å². The summed E-state index contributed by atoms with van der Waals surface area (Å²) in [7, 11) is 0. The van der Waals surface area contributed by atoms with E-state index in [2.05, 4.69) is 5.32 Å². The summed E-state index contributed by atoms with van der Waals surface area (Å²) in [5, 5.41) is 6.36. The van der Waals surface area contributed by atoms with Crippen molar-refractivity contribution in [3.63, 3.8) is 0 Å². The third-order valence-corrected chi connectivity index (χ3v) is 4.31. The Kier molecular flexibility index (Phi) is 3.32. The molecule has 0 fully saturated rings. The van der Waals surface area contributed by atoms with Crippen LogP contribution in [0.3, 0.4) is 0 Å². The van der Waals surface area contributed by atoms with E-state index >= 15 is 0 Å². The quantitative estimate of drug-likeness (QED) is 0.774. The Labute approximate surface area is 123 Å². The number of halogens is 3. The molecule has 0 amide bonds. The van der Waals surface area contributed by atoms with Crippen molar-refractivity contribution in [3.8, 4) is 5.75 Å². The summed E-state index contributed by atoms with van der Waals surface area (Å²) >= 11 is 19.5. The van der Waals surface area contributed by atoms with Crippen molar-refractivity contribution in [1.29, 1.82) is 0 Å². The highest BCUT2D eigenvalue weighted by Crippen LogP contribution is 2.42. The van der Waals surface area contributed by atoms with E-state index in [1.165, 1.54) is 11.3 Å². The van der Waals surface area contributed by atoms with Crippen LogP contribution in [-0.2, 0) is 0 Å². The predicted molar refractivity (Wildman–Crippen MR) is 77.6 cm³/mol. The molecular weight excluding hydrogens is 313 g/mol. The highest BCUT2D eigenvalue weighted by Gasteiger charge is 2.24. The third-order valence-electron chi connectivity index (χ3n) is 2.71. The van der Waals surface area contributed by atoms with Gasteiger partial charge in [0.25, 0.3) is 0 Å². The summed E-state index contributed by atoms with van der Waals surface area (Å²) in [6, 6.07) is 5.39. The van der Waals surface area contributed by atoms with Gasteiger partial charge < -0.3 is 10.1 Å². The first-order chi connectivity index (χ1) is 8.63. The topological polar surface area (TPSA) is 21.3 Å². The van der Waals surface area contributed by atoms with Crippen molar-refractivity contribution in [3.05, 3.63) is 43.5 Å². The Balaban J connectivity index is 1.93. The molecule has 6 heteroatoms. The molecule has 3 rings (SSSR count). The largest absolute Gasteiger partial charge is 0.480 e. The Morgan fingerprint density at radius 1 is 1.22 bits per heavy atom. The molecule has 0 spiro atoms. The van der Waals surface area contributed by atoms with Crippen LogP contribution < -0.4 is 10.1 Å². The zero-order chi connectivity index (χ0) is 12.7. The van der Waals surface area contributed by atoms with Crippen LogP contribution in [0, 0.1) is 0 Å². The summed E-state index contributed by atoms with van der Waals surface area (Å²) in [5.74, 6) is 0.639.